The maximum absolute atomic E-state index is 12.3. The fourth-order valence-electron chi connectivity index (χ4n) is 2.60. The van der Waals surface area contributed by atoms with Crippen LogP contribution in [0.1, 0.15) is 36.5 Å². The van der Waals surface area contributed by atoms with Crippen molar-refractivity contribution >= 4 is 17.6 Å². The molecule has 2 rings (SSSR count). The summed E-state index contributed by atoms with van der Waals surface area (Å²) in [7, 11) is 0. The van der Waals surface area contributed by atoms with Crippen LogP contribution < -0.4 is 10.6 Å². The highest BCUT2D eigenvalue weighted by molar-refractivity contribution is 6.02. The Balaban J connectivity index is 2.11. The summed E-state index contributed by atoms with van der Waals surface area (Å²) in [6.07, 6.45) is 2.84. The van der Waals surface area contributed by atoms with Crippen LogP contribution in [0.2, 0.25) is 0 Å². The number of anilines is 1. The van der Waals surface area contributed by atoms with Gasteiger partial charge >= 0.3 is 5.97 Å². The number of aromatic carboxylic acids is 1. The molecule has 0 aromatic heterocycles. The van der Waals surface area contributed by atoms with Crippen LogP contribution in [-0.4, -0.2) is 34.7 Å². The van der Waals surface area contributed by atoms with Crippen molar-refractivity contribution in [3.63, 3.8) is 0 Å². The van der Waals surface area contributed by atoms with Gasteiger partial charge in [-0.3, -0.25) is 4.79 Å². The van der Waals surface area contributed by atoms with E-state index in [9.17, 15) is 14.7 Å². The molecule has 0 bridgehead atoms. The summed E-state index contributed by atoms with van der Waals surface area (Å²) in [6, 6.07) is 3.57. The fraction of sp³-hybridized carbons (Fsp3) is 0.467. The number of piperidine rings is 1. The van der Waals surface area contributed by atoms with Crippen LogP contribution in [-0.2, 0) is 4.79 Å². The van der Waals surface area contributed by atoms with Crippen molar-refractivity contribution in [3.05, 3.63) is 23.8 Å². The molecule has 1 heterocycles. The second kappa shape index (κ2) is 6.58. The number of benzene rings is 1. The molecule has 1 aliphatic rings. The van der Waals surface area contributed by atoms with Gasteiger partial charge in [-0.2, -0.15) is 0 Å². The number of carboxylic acids is 1. The van der Waals surface area contributed by atoms with Crippen LogP contribution in [0.25, 0.3) is 0 Å². The van der Waals surface area contributed by atoms with Gasteiger partial charge in [-0.25, -0.2) is 4.79 Å². The maximum Gasteiger partial charge on any atom is 0.337 e. The fourth-order valence-corrected chi connectivity index (χ4v) is 2.60. The third kappa shape index (κ3) is 3.72. The minimum absolute atomic E-state index is 0.119. The number of rotatable bonds is 4. The molecule has 1 fully saturated rings. The average molecular weight is 292 g/mol. The van der Waals surface area contributed by atoms with Crippen molar-refractivity contribution < 1.29 is 19.8 Å². The minimum atomic E-state index is -1.19. The number of phenolic OH excluding ortho intramolecular Hbond substituents is 1. The van der Waals surface area contributed by atoms with E-state index in [1.54, 1.807) is 0 Å². The van der Waals surface area contributed by atoms with Crippen molar-refractivity contribution in [1.29, 1.82) is 0 Å². The second-order valence-electron chi connectivity index (χ2n) is 5.33. The van der Waals surface area contributed by atoms with Gasteiger partial charge in [-0.1, -0.05) is 13.3 Å². The molecule has 1 amide bonds. The number of amides is 1. The van der Waals surface area contributed by atoms with Crippen LogP contribution in [0.15, 0.2) is 18.2 Å². The third-order valence-electron chi connectivity index (χ3n) is 3.90. The summed E-state index contributed by atoms with van der Waals surface area (Å²) in [5.41, 5.74) is 0.0805. The highest BCUT2D eigenvalue weighted by Gasteiger charge is 2.26. The third-order valence-corrected chi connectivity index (χ3v) is 3.90. The van der Waals surface area contributed by atoms with E-state index < -0.39 is 5.97 Å². The Labute approximate surface area is 123 Å². The molecule has 1 saturated heterocycles. The molecule has 2 atom stereocenters. The lowest BCUT2D eigenvalue weighted by molar-refractivity contribution is -0.119. The Hall–Kier alpha value is -2.08. The molecular weight excluding hydrogens is 272 g/mol. The molecule has 1 aromatic rings. The lowest BCUT2D eigenvalue weighted by Gasteiger charge is -2.29. The normalized spacial score (nSPS) is 21.8. The van der Waals surface area contributed by atoms with Crippen LogP contribution in [0.5, 0.6) is 5.75 Å². The van der Waals surface area contributed by atoms with E-state index in [0.717, 1.165) is 31.9 Å². The van der Waals surface area contributed by atoms with E-state index in [1.807, 2.05) is 0 Å². The van der Waals surface area contributed by atoms with Gasteiger partial charge < -0.3 is 20.8 Å². The number of carboxylic acid groups (broad SMARTS) is 1. The highest BCUT2D eigenvalue weighted by Crippen LogP contribution is 2.23. The molecule has 0 saturated carbocycles. The van der Waals surface area contributed by atoms with Crippen molar-refractivity contribution in [3.8, 4) is 5.75 Å². The topological polar surface area (TPSA) is 98.7 Å². The summed E-state index contributed by atoms with van der Waals surface area (Å²) in [6.45, 7) is 2.89. The molecule has 114 valence electrons. The largest absolute Gasteiger partial charge is 0.508 e. The van der Waals surface area contributed by atoms with Crippen molar-refractivity contribution in [2.24, 2.45) is 5.92 Å². The van der Waals surface area contributed by atoms with Crippen molar-refractivity contribution in [2.75, 3.05) is 11.9 Å². The van der Waals surface area contributed by atoms with Gasteiger partial charge in [-0.15, -0.1) is 0 Å². The van der Waals surface area contributed by atoms with Gasteiger partial charge in [0.1, 0.15) is 5.75 Å². The molecule has 4 N–H and O–H groups in total. The molecule has 0 spiro atoms. The standard InChI is InChI=1S/C15H20N2O4/c1-2-9-5-6-16-13(7-9)14(19)17-12-4-3-10(18)8-11(12)15(20)21/h3-4,8-9,13,16,18H,2,5-7H2,1H3,(H,17,19)(H,20,21). The van der Waals surface area contributed by atoms with E-state index in [4.69, 9.17) is 5.11 Å². The van der Waals surface area contributed by atoms with Crippen molar-refractivity contribution in [1.82, 2.24) is 5.32 Å². The second-order valence-corrected chi connectivity index (χ2v) is 5.33. The first-order chi connectivity index (χ1) is 10.0. The molecule has 0 aliphatic carbocycles. The van der Waals surface area contributed by atoms with E-state index >= 15 is 0 Å². The smallest absolute Gasteiger partial charge is 0.337 e. The SMILES string of the molecule is CCC1CCNC(C(=O)Nc2ccc(O)cc2C(=O)O)C1. The van der Waals surface area contributed by atoms with Gasteiger partial charge in [0.15, 0.2) is 0 Å². The van der Waals surface area contributed by atoms with E-state index in [-0.39, 0.29) is 28.9 Å². The Morgan fingerprint density at radius 2 is 2.19 bits per heavy atom. The molecule has 0 radical (unpaired) electrons. The van der Waals surface area contributed by atoms with Gasteiger partial charge in [0.05, 0.1) is 17.3 Å². The summed E-state index contributed by atoms with van der Waals surface area (Å²) in [4.78, 5) is 23.4. The summed E-state index contributed by atoms with van der Waals surface area (Å²) >= 11 is 0. The monoisotopic (exact) mass is 292 g/mol. The number of hydrogen-bond donors (Lipinski definition) is 4. The van der Waals surface area contributed by atoms with Gasteiger partial charge in [0.25, 0.3) is 0 Å². The first-order valence-corrected chi connectivity index (χ1v) is 7.11. The minimum Gasteiger partial charge on any atom is -0.508 e. The molecule has 1 aromatic carbocycles. The van der Waals surface area contributed by atoms with Crippen LogP contribution in [0.4, 0.5) is 5.69 Å². The van der Waals surface area contributed by atoms with E-state index in [2.05, 4.69) is 17.6 Å². The molecule has 6 heteroatoms. The number of carbonyl (C=O) groups is 2. The molecule has 21 heavy (non-hydrogen) atoms. The number of carbonyl (C=O) groups excluding carboxylic acids is 1. The van der Waals surface area contributed by atoms with E-state index in [1.165, 1.54) is 12.1 Å². The first-order valence-electron chi connectivity index (χ1n) is 7.11. The quantitative estimate of drug-likeness (QED) is 0.634. The maximum atomic E-state index is 12.3. The zero-order valence-corrected chi connectivity index (χ0v) is 11.9. The molecular formula is C15H20N2O4. The Morgan fingerprint density at radius 1 is 1.43 bits per heavy atom. The van der Waals surface area contributed by atoms with E-state index in [0.29, 0.717) is 5.92 Å². The summed E-state index contributed by atoms with van der Waals surface area (Å²) in [5.74, 6) is -1.06. The highest BCUT2D eigenvalue weighted by atomic mass is 16.4. The molecule has 1 aliphatic heterocycles. The Bertz CT molecular complexity index is 544. The first kappa shape index (κ1) is 15.3. The molecule has 6 nitrogen and oxygen atoms in total. The predicted molar refractivity (Wildman–Crippen MR) is 78.5 cm³/mol. The summed E-state index contributed by atoms with van der Waals surface area (Å²) < 4.78 is 0. The lowest BCUT2D eigenvalue weighted by atomic mass is 9.90. The predicted octanol–water partition coefficient (Wildman–Crippen LogP) is 1.81. The zero-order valence-electron chi connectivity index (χ0n) is 11.9. The van der Waals surface area contributed by atoms with Crippen LogP contribution in [0, 0.1) is 5.92 Å². The average Bonchev–Trinajstić information content (AvgIpc) is 2.48. The Kier molecular flexibility index (Phi) is 4.80. The van der Waals surface area contributed by atoms with Crippen LogP contribution in [0.3, 0.4) is 0 Å². The summed E-state index contributed by atoms with van der Waals surface area (Å²) in [5, 5.41) is 24.3. The lowest BCUT2D eigenvalue weighted by Crippen LogP contribution is -2.46. The van der Waals surface area contributed by atoms with Crippen LogP contribution >= 0.6 is 0 Å². The van der Waals surface area contributed by atoms with Crippen molar-refractivity contribution in [2.45, 2.75) is 32.2 Å². The zero-order chi connectivity index (χ0) is 15.4. The molecule has 2 unspecified atom stereocenters. The number of aromatic hydroxyl groups is 1. The number of nitrogens with one attached hydrogen (secondary N) is 2. The number of phenols is 1. The number of hydrogen-bond acceptors (Lipinski definition) is 4. The van der Waals surface area contributed by atoms with Gasteiger partial charge in [-0.05, 0) is 43.5 Å². The van der Waals surface area contributed by atoms with Gasteiger partial charge in [0.2, 0.25) is 5.91 Å². The Morgan fingerprint density at radius 3 is 2.86 bits per heavy atom. The van der Waals surface area contributed by atoms with Gasteiger partial charge in [0, 0.05) is 0 Å².